The quantitative estimate of drug-likeness (QED) is 0.819. The number of likely N-dealkylation sites (tertiary alicyclic amines) is 1. The van der Waals surface area contributed by atoms with Crippen LogP contribution in [0.4, 0.5) is 10.5 Å². The van der Waals surface area contributed by atoms with Crippen LogP contribution >= 0.6 is 0 Å². The van der Waals surface area contributed by atoms with Gasteiger partial charge in [0.2, 0.25) is 0 Å². The summed E-state index contributed by atoms with van der Waals surface area (Å²) in [6, 6.07) is 5.37. The van der Waals surface area contributed by atoms with E-state index >= 15 is 0 Å². The molecule has 2 unspecified atom stereocenters. The van der Waals surface area contributed by atoms with Crippen molar-refractivity contribution in [2.45, 2.75) is 57.9 Å². The van der Waals surface area contributed by atoms with E-state index in [4.69, 9.17) is 4.74 Å². The Kier molecular flexibility index (Phi) is 6.58. The summed E-state index contributed by atoms with van der Waals surface area (Å²) in [6.45, 7) is 3.45. The van der Waals surface area contributed by atoms with E-state index in [0.717, 1.165) is 25.8 Å². The average molecular weight is 373 g/mol. The zero-order chi connectivity index (χ0) is 19.2. The molecule has 0 aromatic heterocycles. The molecule has 27 heavy (non-hydrogen) atoms. The van der Waals surface area contributed by atoms with E-state index < -0.39 is 0 Å². The van der Waals surface area contributed by atoms with Gasteiger partial charge in [0.05, 0.1) is 12.7 Å². The molecule has 6 heteroatoms. The number of hydrogen-bond donors (Lipinski definition) is 2. The molecule has 1 aromatic rings. The molecule has 1 saturated heterocycles. The minimum absolute atomic E-state index is 0.0467. The molecule has 1 aliphatic carbocycles. The highest BCUT2D eigenvalue weighted by Gasteiger charge is 2.36. The van der Waals surface area contributed by atoms with Gasteiger partial charge < -0.3 is 20.3 Å². The molecule has 0 spiro atoms. The highest BCUT2D eigenvalue weighted by atomic mass is 16.5. The monoisotopic (exact) mass is 373 g/mol. The molecule has 6 nitrogen and oxygen atoms in total. The van der Waals surface area contributed by atoms with Crippen LogP contribution in [0.2, 0.25) is 0 Å². The number of anilines is 1. The fourth-order valence-electron chi connectivity index (χ4n) is 4.39. The average Bonchev–Trinajstić information content (AvgIpc) is 2.71. The van der Waals surface area contributed by atoms with E-state index in [-0.39, 0.29) is 11.9 Å². The van der Waals surface area contributed by atoms with Crippen LogP contribution < -0.4 is 15.4 Å². The lowest BCUT2D eigenvalue weighted by atomic mass is 9.78. The largest absolute Gasteiger partial charge is 0.496 e. The number of ether oxygens (including phenoxy) is 1. The molecular formula is C21H31N3O3. The van der Waals surface area contributed by atoms with Crippen LogP contribution in [0.1, 0.15) is 62.2 Å². The summed E-state index contributed by atoms with van der Waals surface area (Å²) in [5.74, 6) is 1.20. The summed E-state index contributed by atoms with van der Waals surface area (Å²) in [5.41, 5.74) is 1.19. The van der Waals surface area contributed by atoms with Crippen molar-refractivity contribution in [1.29, 1.82) is 0 Å². The number of nitrogens with zero attached hydrogens (tertiary/aromatic N) is 1. The van der Waals surface area contributed by atoms with E-state index in [1.165, 1.54) is 25.7 Å². The van der Waals surface area contributed by atoms with Crippen LogP contribution in [0.3, 0.4) is 0 Å². The van der Waals surface area contributed by atoms with Crippen LogP contribution in [-0.4, -0.2) is 43.1 Å². The Morgan fingerprint density at radius 3 is 2.74 bits per heavy atom. The third kappa shape index (κ3) is 4.54. The Morgan fingerprint density at radius 2 is 1.96 bits per heavy atom. The molecule has 0 radical (unpaired) electrons. The van der Waals surface area contributed by atoms with Crippen LogP contribution in [0.25, 0.3) is 0 Å². The predicted octanol–water partition coefficient (Wildman–Crippen LogP) is 4.02. The molecule has 1 aromatic carbocycles. The van der Waals surface area contributed by atoms with Gasteiger partial charge in [-0.2, -0.15) is 0 Å². The number of rotatable bonds is 5. The smallest absolute Gasteiger partial charge is 0.319 e. The van der Waals surface area contributed by atoms with Gasteiger partial charge in [-0.25, -0.2) is 4.79 Å². The first-order valence-electron chi connectivity index (χ1n) is 10.2. The maximum atomic E-state index is 13.3. The second-order valence-corrected chi connectivity index (χ2v) is 7.55. The van der Waals surface area contributed by atoms with E-state index in [9.17, 15) is 9.59 Å². The number of nitrogens with one attached hydrogen (secondary N) is 2. The number of urea groups is 1. The Balaban J connectivity index is 1.75. The fourth-order valence-corrected chi connectivity index (χ4v) is 4.39. The van der Waals surface area contributed by atoms with Crippen LogP contribution in [0, 0.1) is 5.92 Å². The van der Waals surface area contributed by atoms with Crippen LogP contribution in [0.5, 0.6) is 5.75 Å². The molecule has 3 amide bonds. The summed E-state index contributed by atoms with van der Waals surface area (Å²) < 4.78 is 5.48. The Morgan fingerprint density at radius 1 is 1.19 bits per heavy atom. The molecule has 148 valence electrons. The van der Waals surface area contributed by atoms with Gasteiger partial charge in [0, 0.05) is 30.9 Å². The van der Waals surface area contributed by atoms with Gasteiger partial charge in [-0.05, 0) is 50.2 Å². The molecule has 2 aliphatic rings. The first-order valence-corrected chi connectivity index (χ1v) is 10.2. The number of benzene rings is 1. The number of fused-ring (bicyclic) bond motifs is 1. The topological polar surface area (TPSA) is 70.7 Å². The highest BCUT2D eigenvalue weighted by molar-refractivity contribution is 5.98. The number of hydrogen-bond acceptors (Lipinski definition) is 3. The minimum atomic E-state index is -0.251. The first kappa shape index (κ1) is 19.5. The van der Waals surface area contributed by atoms with E-state index in [2.05, 4.69) is 15.5 Å². The lowest BCUT2D eigenvalue weighted by Gasteiger charge is -2.44. The predicted molar refractivity (Wildman–Crippen MR) is 106 cm³/mol. The maximum Gasteiger partial charge on any atom is 0.319 e. The molecule has 0 bridgehead atoms. The Labute approximate surface area is 161 Å². The molecule has 3 rings (SSSR count). The molecule has 1 heterocycles. The third-order valence-electron chi connectivity index (χ3n) is 5.73. The van der Waals surface area contributed by atoms with E-state index in [1.54, 1.807) is 25.3 Å². The van der Waals surface area contributed by atoms with Crippen molar-refractivity contribution in [3.05, 3.63) is 23.8 Å². The zero-order valence-electron chi connectivity index (χ0n) is 16.4. The Hall–Kier alpha value is -2.24. The zero-order valence-corrected chi connectivity index (χ0v) is 16.4. The number of carbonyl (C=O) groups is 2. The lowest BCUT2D eigenvalue weighted by Crippen LogP contribution is -2.49. The van der Waals surface area contributed by atoms with Crippen molar-refractivity contribution in [3.8, 4) is 5.75 Å². The second kappa shape index (κ2) is 9.11. The van der Waals surface area contributed by atoms with Crippen molar-refractivity contribution in [2.24, 2.45) is 5.92 Å². The van der Waals surface area contributed by atoms with Gasteiger partial charge in [-0.3, -0.25) is 4.79 Å². The maximum absolute atomic E-state index is 13.3. The molecule has 2 atom stereocenters. The number of piperidine rings is 1. The summed E-state index contributed by atoms with van der Waals surface area (Å²) in [6.07, 6.45) is 8.03. The van der Waals surface area contributed by atoms with Gasteiger partial charge >= 0.3 is 6.03 Å². The van der Waals surface area contributed by atoms with E-state index in [0.29, 0.717) is 35.5 Å². The minimum Gasteiger partial charge on any atom is -0.496 e. The number of carbonyl (C=O) groups excluding carboxylic acids is 2. The molecule has 2 fully saturated rings. The summed E-state index contributed by atoms with van der Waals surface area (Å²) in [5, 5.41) is 5.56. The number of methoxy groups -OCH3 is 1. The highest BCUT2D eigenvalue weighted by Crippen LogP contribution is 2.37. The van der Waals surface area contributed by atoms with Gasteiger partial charge in [-0.1, -0.05) is 19.8 Å². The third-order valence-corrected chi connectivity index (χ3v) is 5.73. The fraction of sp³-hybridized carbons (Fsp3) is 0.619. The summed E-state index contributed by atoms with van der Waals surface area (Å²) >= 11 is 0. The molecule has 2 N–H and O–H groups in total. The number of amides is 3. The molecular weight excluding hydrogens is 342 g/mol. The summed E-state index contributed by atoms with van der Waals surface area (Å²) in [7, 11) is 1.56. The second-order valence-electron chi connectivity index (χ2n) is 7.55. The van der Waals surface area contributed by atoms with Crippen molar-refractivity contribution < 1.29 is 14.3 Å². The van der Waals surface area contributed by atoms with Crippen molar-refractivity contribution in [3.63, 3.8) is 0 Å². The van der Waals surface area contributed by atoms with Gasteiger partial charge in [-0.15, -0.1) is 0 Å². The van der Waals surface area contributed by atoms with Crippen molar-refractivity contribution >= 4 is 17.6 Å². The van der Waals surface area contributed by atoms with Gasteiger partial charge in [0.15, 0.2) is 0 Å². The normalized spacial score (nSPS) is 21.9. The SMILES string of the molecule is CCCNC(=O)Nc1ccc(C(=O)N2CCCC3CCCCC32)c(OC)c1. The van der Waals surface area contributed by atoms with Gasteiger partial charge in [0.1, 0.15) is 5.75 Å². The molecule has 1 saturated carbocycles. The standard InChI is InChI=1S/C21H31N3O3/c1-3-12-22-21(26)23-16-10-11-17(19(14-16)27-2)20(25)24-13-6-8-15-7-4-5-9-18(15)24/h10-11,14-15,18H,3-9,12-13H2,1-2H3,(H2,22,23,26). The van der Waals surface area contributed by atoms with Gasteiger partial charge in [0.25, 0.3) is 5.91 Å². The van der Waals surface area contributed by atoms with Crippen LogP contribution in [0.15, 0.2) is 18.2 Å². The first-order chi connectivity index (χ1) is 13.1. The summed E-state index contributed by atoms with van der Waals surface area (Å²) in [4.78, 5) is 27.2. The van der Waals surface area contributed by atoms with Crippen LogP contribution in [-0.2, 0) is 0 Å². The van der Waals surface area contributed by atoms with Crippen molar-refractivity contribution in [1.82, 2.24) is 10.2 Å². The van der Waals surface area contributed by atoms with E-state index in [1.807, 2.05) is 6.92 Å². The van der Waals surface area contributed by atoms with Crippen molar-refractivity contribution in [2.75, 3.05) is 25.5 Å². The Bertz CT molecular complexity index is 675. The lowest BCUT2D eigenvalue weighted by molar-refractivity contribution is 0.0388. The molecule has 1 aliphatic heterocycles.